The minimum absolute atomic E-state index is 0.150. The molecule has 0 aliphatic heterocycles. The average Bonchev–Trinajstić information content (AvgIpc) is 2.97. The first-order valence-corrected chi connectivity index (χ1v) is 6.50. The summed E-state index contributed by atoms with van der Waals surface area (Å²) in [7, 11) is 1.70. The Hall–Kier alpha value is -2.44. The van der Waals surface area contributed by atoms with E-state index in [1.807, 2.05) is 6.07 Å². The maximum Gasteiger partial charge on any atom is 0.272 e. The first kappa shape index (κ1) is 14.0. The van der Waals surface area contributed by atoms with Gasteiger partial charge in [0.1, 0.15) is 17.8 Å². The lowest BCUT2D eigenvalue weighted by atomic mass is 10.3. The van der Waals surface area contributed by atoms with E-state index in [0.717, 1.165) is 18.7 Å². The quantitative estimate of drug-likeness (QED) is 0.829. The number of aromatic nitrogens is 4. The monoisotopic (exact) mass is 274 g/mol. The third-order valence-corrected chi connectivity index (χ3v) is 2.76. The highest BCUT2D eigenvalue weighted by Gasteiger charge is 2.14. The fourth-order valence-electron chi connectivity index (χ4n) is 1.69. The highest BCUT2D eigenvalue weighted by Crippen LogP contribution is 2.08. The van der Waals surface area contributed by atoms with Gasteiger partial charge in [0.2, 0.25) is 0 Å². The summed E-state index contributed by atoms with van der Waals surface area (Å²) in [6.45, 7) is 3.35. The molecular weight excluding hydrogens is 256 g/mol. The van der Waals surface area contributed by atoms with Crippen molar-refractivity contribution in [2.75, 3.05) is 18.9 Å². The van der Waals surface area contributed by atoms with Crippen LogP contribution in [-0.4, -0.2) is 44.6 Å². The maximum absolute atomic E-state index is 12.2. The summed E-state index contributed by atoms with van der Waals surface area (Å²) in [4.78, 5) is 21.9. The first-order chi connectivity index (χ1) is 9.70. The highest BCUT2D eigenvalue weighted by atomic mass is 16.2. The zero-order chi connectivity index (χ0) is 14.4. The lowest BCUT2D eigenvalue weighted by molar-refractivity contribution is 0.0776. The number of anilines is 1. The molecule has 7 nitrogen and oxygen atoms in total. The molecule has 0 spiro atoms. The number of hydrogen-bond donors (Lipinski definition) is 2. The number of rotatable bonds is 6. The van der Waals surface area contributed by atoms with Crippen LogP contribution in [0.25, 0.3) is 0 Å². The average molecular weight is 274 g/mol. The van der Waals surface area contributed by atoms with Gasteiger partial charge in [-0.25, -0.2) is 9.97 Å². The predicted molar refractivity (Wildman–Crippen MR) is 75.2 cm³/mol. The number of nitrogens with zero attached hydrogens (tertiary/aromatic N) is 4. The Balaban J connectivity index is 1.97. The summed E-state index contributed by atoms with van der Waals surface area (Å²) >= 11 is 0. The second kappa shape index (κ2) is 6.65. The number of H-pyrrole nitrogens is 1. The van der Waals surface area contributed by atoms with Gasteiger partial charge < -0.3 is 10.2 Å². The summed E-state index contributed by atoms with van der Waals surface area (Å²) in [5.41, 5.74) is 1.33. The van der Waals surface area contributed by atoms with Crippen LogP contribution in [0.4, 0.5) is 5.69 Å². The smallest absolute Gasteiger partial charge is 0.272 e. The van der Waals surface area contributed by atoms with Crippen molar-refractivity contribution in [1.82, 2.24) is 25.1 Å². The van der Waals surface area contributed by atoms with Gasteiger partial charge in [-0.2, -0.15) is 5.10 Å². The zero-order valence-electron chi connectivity index (χ0n) is 11.6. The first-order valence-electron chi connectivity index (χ1n) is 6.50. The van der Waals surface area contributed by atoms with Crippen molar-refractivity contribution < 1.29 is 4.79 Å². The second-order valence-corrected chi connectivity index (χ2v) is 4.45. The third-order valence-electron chi connectivity index (χ3n) is 2.76. The van der Waals surface area contributed by atoms with Crippen LogP contribution >= 0.6 is 0 Å². The molecule has 0 fully saturated rings. The Morgan fingerprint density at radius 1 is 1.40 bits per heavy atom. The number of hydrogen-bond acceptors (Lipinski definition) is 5. The van der Waals surface area contributed by atoms with Gasteiger partial charge >= 0.3 is 0 Å². The predicted octanol–water partition coefficient (Wildman–Crippen LogP) is 1.29. The molecule has 0 saturated carbocycles. The van der Waals surface area contributed by atoms with Gasteiger partial charge in [-0.15, -0.1) is 0 Å². The van der Waals surface area contributed by atoms with Crippen LogP contribution in [0.2, 0.25) is 0 Å². The standard InChI is InChI=1S/C13H18N6O/c1-3-6-14-10-4-5-11(15-7-10)13(20)19(2)8-12-16-9-17-18-12/h4-5,7,9,14H,3,6,8H2,1-2H3,(H,16,17,18). The minimum Gasteiger partial charge on any atom is -0.384 e. The summed E-state index contributed by atoms with van der Waals surface area (Å²) in [5, 5.41) is 9.69. The van der Waals surface area contributed by atoms with Crippen molar-refractivity contribution in [2.45, 2.75) is 19.9 Å². The molecule has 0 aliphatic carbocycles. The normalized spacial score (nSPS) is 10.3. The van der Waals surface area contributed by atoms with Gasteiger partial charge in [0, 0.05) is 13.6 Å². The van der Waals surface area contributed by atoms with Crippen LogP contribution < -0.4 is 5.32 Å². The molecule has 106 valence electrons. The molecule has 0 unspecified atom stereocenters. The summed E-state index contributed by atoms with van der Waals surface area (Å²) < 4.78 is 0. The van der Waals surface area contributed by atoms with E-state index in [0.29, 0.717) is 18.1 Å². The van der Waals surface area contributed by atoms with Crippen LogP contribution in [-0.2, 0) is 6.54 Å². The molecule has 0 radical (unpaired) electrons. The molecule has 0 aliphatic rings. The van der Waals surface area contributed by atoms with Crippen molar-refractivity contribution in [3.8, 4) is 0 Å². The van der Waals surface area contributed by atoms with E-state index in [9.17, 15) is 4.79 Å². The molecule has 0 saturated heterocycles. The topological polar surface area (TPSA) is 86.8 Å². The molecular formula is C13H18N6O. The Kier molecular flexibility index (Phi) is 4.65. The van der Waals surface area contributed by atoms with E-state index in [1.165, 1.54) is 6.33 Å². The zero-order valence-corrected chi connectivity index (χ0v) is 11.6. The molecule has 0 atom stereocenters. The Morgan fingerprint density at radius 3 is 2.85 bits per heavy atom. The summed E-state index contributed by atoms with van der Waals surface area (Å²) in [6, 6.07) is 3.58. The van der Waals surface area contributed by atoms with E-state index in [-0.39, 0.29) is 5.91 Å². The van der Waals surface area contributed by atoms with Crippen LogP contribution in [0.5, 0.6) is 0 Å². The number of aromatic amines is 1. The summed E-state index contributed by atoms with van der Waals surface area (Å²) in [6.07, 6.45) is 4.13. The van der Waals surface area contributed by atoms with Crippen molar-refractivity contribution in [3.05, 3.63) is 36.2 Å². The number of amides is 1. The van der Waals surface area contributed by atoms with Crippen LogP contribution in [0.15, 0.2) is 24.7 Å². The van der Waals surface area contributed by atoms with Gasteiger partial charge in [0.15, 0.2) is 0 Å². The lowest BCUT2D eigenvalue weighted by Crippen LogP contribution is -2.27. The number of carbonyl (C=O) groups is 1. The van der Waals surface area contributed by atoms with E-state index < -0.39 is 0 Å². The van der Waals surface area contributed by atoms with Crippen LogP contribution in [0.1, 0.15) is 29.7 Å². The molecule has 2 aromatic heterocycles. The van der Waals surface area contributed by atoms with Gasteiger partial charge in [-0.3, -0.25) is 9.89 Å². The molecule has 2 N–H and O–H groups in total. The molecule has 0 aromatic carbocycles. The third kappa shape index (κ3) is 3.53. The number of nitrogens with one attached hydrogen (secondary N) is 2. The maximum atomic E-state index is 12.2. The van der Waals surface area contributed by atoms with Crippen molar-refractivity contribution in [1.29, 1.82) is 0 Å². The Bertz CT molecular complexity index is 536. The van der Waals surface area contributed by atoms with Gasteiger partial charge in [0.05, 0.1) is 18.4 Å². The van der Waals surface area contributed by atoms with Crippen molar-refractivity contribution in [2.24, 2.45) is 0 Å². The van der Waals surface area contributed by atoms with E-state index in [4.69, 9.17) is 0 Å². The van der Waals surface area contributed by atoms with E-state index in [1.54, 1.807) is 24.2 Å². The molecule has 7 heteroatoms. The van der Waals surface area contributed by atoms with Crippen LogP contribution in [0, 0.1) is 0 Å². The second-order valence-electron chi connectivity index (χ2n) is 4.45. The molecule has 0 bridgehead atoms. The molecule has 20 heavy (non-hydrogen) atoms. The number of pyridine rings is 1. The minimum atomic E-state index is -0.150. The molecule has 2 aromatic rings. The molecule has 2 heterocycles. The van der Waals surface area contributed by atoms with E-state index >= 15 is 0 Å². The Labute approximate surface area is 117 Å². The van der Waals surface area contributed by atoms with Gasteiger partial charge in [0.25, 0.3) is 5.91 Å². The lowest BCUT2D eigenvalue weighted by Gasteiger charge is -2.15. The van der Waals surface area contributed by atoms with Crippen molar-refractivity contribution >= 4 is 11.6 Å². The van der Waals surface area contributed by atoms with E-state index in [2.05, 4.69) is 32.4 Å². The molecule has 1 amide bonds. The highest BCUT2D eigenvalue weighted by molar-refractivity contribution is 5.92. The number of carbonyl (C=O) groups excluding carboxylic acids is 1. The van der Waals surface area contributed by atoms with Gasteiger partial charge in [-0.05, 0) is 18.6 Å². The summed E-state index contributed by atoms with van der Waals surface area (Å²) in [5.74, 6) is 0.491. The largest absolute Gasteiger partial charge is 0.384 e. The SMILES string of the molecule is CCCNc1ccc(C(=O)N(C)Cc2ncn[nH]2)nc1. The Morgan fingerprint density at radius 2 is 2.25 bits per heavy atom. The fourth-order valence-corrected chi connectivity index (χ4v) is 1.69. The molecule has 2 rings (SSSR count). The van der Waals surface area contributed by atoms with Gasteiger partial charge in [-0.1, -0.05) is 6.92 Å². The van der Waals surface area contributed by atoms with Crippen LogP contribution in [0.3, 0.4) is 0 Å². The fraction of sp³-hybridized carbons (Fsp3) is 0.385. The van der Waals surface area contributed by atoms with Crippen molar-refractivity contribution in [3.63, 3.8) is 0 Å².